The van der Waals surface area contributed by atoms with Crippen LogP contribution in [0.15, 0.2) is 42.5 Å². The first-order chi connectivity index (χ1) is 12.7. The predicted molar refractivity (Wildman–Crippen MR) is 103 cm³/mol. The van der Waals surface area contributed by atoms with Gasteiger partial charge in [0, 0.05) is 5.75 Å². The van der Waals surface area contributed by atoms with Gasteiger partial charge in [-0.1, -0.05) is 18.2 Å². The second-order valence-electron chi connectivity index (χ2n) is 6.03. The Hall–Kier alpha value is -2.34. The van der Waals surface area contributed by atoms with Gasteiger partial charge in [0.15, 0.2) is 11.5 Å². The Kier molecular flexibility index (Phi) is 6.28. The van der Waals surface area contributed by atoms with Crippen molar-refractivity contribution < 1.29 is 19.0 Å². The molecule has 6 heteroatoms. The smallest absolute Gasteiger partial charge is 0.230 e. The second-order valence-corrected chi connectivity index (χ2v) is 7.02. The maximum Gasteiger partial charge on any atom is 0.230 e. The Morgan fingerprint density at radius 3 is 2.62 bits per heavy atom. The van der Waals surface area contributed by atoms with Gasteiger partial charge in [-0.05, 0) is 42.3 Å². The van der Waals surface area contributed by atoms with E-state index in [4.69, 9.17) is 14.2 Å². The first kappa shape index (κ1) is 18.5. The van der Waals surface area contributed by atoms with Crippen molar-refractivity contribution >= 4 is 17.7 Å². The van der Waals surface area contributed by atoms with Crippen LogP contribution in [0.1, 0.15) is 24.1 Å². The highest BCUT2D eigenvalue weighted by molar-refractivity contribution is 7.99. The number of hydrogen-bond donors (Lipinski definition) is 1. The third-order valence-corrected chi connectivity index (χ3v) is 5.11. The number of nitrogens with one attached hydrogen (secondary N) is 1. The SMILES string of the molecule is COc1ccc(CSCC(=O)N[C@H](C)c2ccc3c(c2)OCCO3)cc1. The van der Waals surface area contributed by atoms with Crippen molar-refractivity contribution in [3.8, 4) is 17.2 Å². The average Bonchev–Trinajstić information content (AvgIpc) is 2.68. The second kappa shape index (κ2) is 8.85. The first-order valence-corrected chi connectivity index (χ1v) is 9.71. The molecule has 2 aromatic carbocycles. The predicted octanol–water partition coefficient (Wildman–Crippen LogP) is 3.58. The number of amides is 1. The number of ether oxygens (including phenoxy) is 3. The topological polar surface area (TPSA) is 56.8 Å². The minimum Gasteiger partial charge on any atom is -0.497 e. The van der Waals surface area contributed by atoms with Crippen molar-refractivity contribution in [3.63, 3.8) is 0 Å². The molecule has 1 amide bonds. The molecule has 0 spiro atoms. The van der Waals surface area contributed by atoms with Crippen LogP contribution in [0, 0.1) is 0 Å². The molecule has 138 valence electrons. The molecular formula is C20H23NO4S. The lowest BCUT2D eigenvalue weighted by molar-refractivity contribution is -0.119. The largest absolute Gasteiger partial charge is 0.497 e. The van der Waals surface area contributed by atoms with Crippen LogP contribution in [0.3, 0.4) is 0 Å². The van der Waals surface area contributed by atoms with Crippen LogP contribution in [-0.4, -0.2) is 32.0 Å². The Labute approximate surface area is 158 Å². The number of carbonyl (C=O) groups is 1. The molecule has 1 N–H and O–H groups in total. The molecule has 1 aliphatic rings. The Morgan fingerprint density at radius 2 is 1.88 bits per heavy atom. The van der Waals surface area contributed by atoms with Crippen LogP contribution in [0.25, 0.3) is 0 Å². The number of hydrogen-bond acceptors (Lipinski definition) is 5. The average molecular weight is 373 g/mol. The molecule has 3 rings (SSSR count). The zero-order valence-corrected chi connectivity index (χ0v) is 15.8. The van der Waals surface area contributed by atoms with Crippen LogP contribution in [0.4, 0.5) is 0 Å². The van der Waals surface area contributed by atoms with E-state index in [1.165, 1.54) is 5.56 Å². The molecule has 1 aliphatic heterocycles. The summed E-state index contributed by atoms with van der Waals surface area (Å²) in [4.78, 5) is 12.2. The Balaban J connectivity index is 1.46. The quantitative estimate of drug-likeness (QED) is 0.804. The molecule has 0 unspecified atom stereocenters. The molecule has 0 saturated carbocycles. The molecule has 0 aromatic heterocycles. The fourth-order valence-corrected chi connectivity index (χ4v) is 3.48. The van der Waals surface area contributed by atoms with E-state index >= 15 is 0 Å². The van der Waals surface area contributed by atoms with E-state index in [0.717, 1.165) is 28.6 Å². The summed E-state index contributed by atoms with van der Waals surface area (Å²) < 4.78 is 16.3. The summed E-state index contributed by atoms with van der Waals surface area (Å²) in [5.41, 5.74) is 2.17. The van der Waals surface area contributed by atoms with Gasteiger partial charge in [-0.15, -0.1) is 11.8 Å². The number of fused-ring (bicyclic) bond motifs is 1. The van der Waals surface area contributed by atoms with E-state index in [9.17, 15) is 4.79 Å². The summed E-state index contributed by atoms with van der Waals surface area (Å²) in [5, 5.41) is 3.03. The van der Waals surface area contributed by atoms with Crippen molar-refractivity contribution in [1.29, 1.82) is 0 Å². The zero-order valence-electron chi connectivity index (χ0n) is 15.0. The number of benzene rings is 2. The van der Waals surface area contributed by atoms with Crippen LogP contribution in [0.2, 0.25) is 0 Å². The lowest BCUT2D eigenvalue weighted by atomic mass is 10.1. The molecule has 0 fully saturated rings. The van der Waals surface area contributed by atoms with Gasteiger partial charge in [-0.25, -0.2) is 0 Å². The molecule has 1 heterocycles. The number of methoxy groups -OCH3 is 1. The molecular weight excluding hydrogens is 350 g/mol. The minimum atomic E-state index is -0.0834. The third-order valence-electron chi connectivity index (χ3n) is 4.10. The van der Waals surface area contributed by atoms with E-state index in [1.54, 1.807) is 18.9 Å². The van der Waals surface area contributed by atoms with Gasteiger partial charge < -0.3 is 19.5 Å². The van der Waals surface area contributed by atoms with Crippen molar-refractivity contribution in [2.45, 2.75) is 18.7 Å². The van der Waals surface area contributed by atoms with Crippen LogP contribution >= 0.6 is 11.8 Å². The molecule has 2 aromatic rings. The van der Waals surface area contributed by atoms with Crippen LogP contribution in [0.5, 0.6) is 17.2 Å². The number of thioether (sulfide) groups is 1. The highest BCUT2D eigenvalue weighted by Crippen LogP contribution is 2.32. The van der Waals surface area contributed by atoms with E-state index in [1.807, 2.05) is 49.4 Å². The monoisotopic (exact) mass is 373 g/mol. The summed E-state index contributed by atoms with van der Waals surface area (Å²) >= 11 is 1.59. The molecule has 26 heavy (non-hydrogen) atoms. The van der Waals surface area contributed by atoms with Crippen molar-refractivity contribution in [2.24, 2.45) is 0 Å². The van der Waals surface area contributed by atoms with Crippen molar-refractivity contribution in [3.05, 3.63) is 53.6 Å². The van der Waals surface area contributed by atoms with E-state index in [2.05, 4.69) is 5.32 Å². The minimum absolute atomic E-state index is 0.0194. The molecule has 5 nitrogen and oxygen atoms in total. The van der Waals surface area contributed by atoms with E-state index in [-0.39, 0.29) is 11.9 Å². The molecule has 0 aliphatic carbocycles. The van der Waals surface area contributed by atoms with Gasteiger partial charge in [0.2, 0.25) is 5.91 Å². The van der Waals surface area contributed by atoms with Crippen LogP contribution < -0.4 is 19.5 Å². The van der Waals surface area contributed by atoms with Gasteiger partial charge in [-0.3, -0.25) is 4.79 Å². The van der Waals surface area contributed by atoms with Gasteiger partial charge in [-0.2, -0.15) is 0 Å². The lowest BCUT2D eigenvalue weighted by Gasteiger charge is -2.21. The molecule has 0 radical (unpaired) electrons. The first-order valence-electron chi connectivity index (χ1n) is 8.55. The molecule has 0 bridgehead atoms. The van der Waals surface area contributed by atoms with E-state index in [0.29, 0.717) is 19.0 Å². The molecule has 0 saturated heterocycles. The van der Waals surface area contributed by atoms with Gasteiger partial charge in [0.05, 0.1) is 18.9 Å². The van der Waals surface area contributed by atoms with Gasteiger partial charge >= 0.3 is 0 Å². The highest BCUT2D eigenvalue weighted by atomic mass is 32.2. The maximum atomic E-state index is 12.2. The summed E-state index contributed by atoms with van der Waals surface area (Å²) in [5.74, 6) is 3.56. The van der Waals surface area contributed by atoms with E-state index < -0.39 is 0 Å². The highest BCUT2D eigenvalue weighted by Gasteiger charge is 2.15. The summed E-state index contributed by atoms with van der Waals surface area (Å²) in [7, 11) is 1.65. The normalized spacial score (nSPS) is 13.8. The number of rotatable bonds is 7. The zero-order chi connectivity index (χ0) is 18.4. The van der Waals surface area contributed by atoms with Crippen molar-refractivity contribution in [1.82, 2.24) is 5.32 Å². The fourth-order valence-electron chi connectivity index (χ4n) is 2.68. The summed E-state index contributed by atoms with van der Waals surface area (Å²) in [6, 6.07) is 13.6. The summed E-state index contributed by atoms with van der Waals surface area (Å²) in [6.07, 6.45) is 0. The van der Waals surface area contributed by atoms with Crippen LogP contribution in [-0.2, 0) is 10.5 Å². The lowest BCUT2D eigenvalue weighted by Crippen LogP contribution is -2.28. The summed E-state index contributed by atoms with van der Waals surface area (Å²) in [6.45, 7) is 3.10. The van der Waals surface area contributed by atoms with Crippen molar-refractivity contribution in [2.75, 3.05) is 26.1 Å². The number of carbonyl (C=O) groups excluding carboxylic acids is 1. The Bertz CT molecular complexity index is 748. The molecule has 1 atom stereocenters. The standard InChI is InChI=1S/C20H23NO4S/c1-14(16-5-8-18-19(11-16)25-10-9-24-18)21-20(22)13-26-12-15-3-6-17(23-2)7-4-15/h3-8,11,14H,9-10,12-13H2,1-2H3,(H,21,22)/t14-/m1/s1. The Morgan fingerprint density at radius 1 is 1.15 bits per heavy atom. The van der Waals surface area contributed by atoms with Gasteiger partial charge in [0.25, 0.3) is 0 Å². The van der Waals surface area contributed by atoms with Gasteiger partial charge in [0.1, 0.15) is 19.0 Å². The maximum absolute atomic E-state index is 12.2. The third kappa shape index (κ3) is 4.85. The fraction of sp³-hybridized carbons (Fsp3) is 0.350.